The predicted molar refractivity (Wildman–Crippen MR) is 75.2 cm³/mol. The third-order valence-electron chi connectivity index (χ3n) is 2.39. The SMILES string of the molecule is COc1cc(Nc2cc(Br)ccc2C)nc(N)n1. The maximum atomic E-state index is 5.61. The fourth-order valence-electron chi connectivity index (χ4n) is 1.48. The van der Waals surface area contributed by atoms with Crippen LogP contribution in [0, 0.1) is 6.92 Å². The smallest absolute Gasteiger partial charge is 0.225 e. The van der Waals surface area contributed by atoms with Crippen LogP contribution in [0.25, 0.3) is 0 Å². The molecule has 0 bridgehead atoms. The van der Waals surface area contributed by atoms with Crippen LogP contribution in [0.1, 0.15) is 5.56 Å². The highest BCUT2D eigenvalue weighted by Crippen LogP contribution is 2.25. The molecule has 1 aromatic heterocycles. The highest BCUT2D eigenvalue weighted by Gasteiger charge is 2.05. The summed E-state index contributed by atoms with van der Waals surface area (Å²) in [5, 5.41) is 3.19. The van der Waals surface area contributed by atoms with E-state index in [-0.39, 0.29) is 5.95 Å². The van der Waals surface area contributed by atoms with Crippen LogP contribution in [-0.2, 0) is 0 Å². The monoisotopic (exact) mass is 308 g/mol. The first-order valence-electron chi connectivity index (χ1n) is 5.30. The number of anilines is 3. The van der Waals surface area contributed by atoms with Crippen molar-refractivity contribution in [1.82, 2.24) is 9.97 Å². The van der Waals surface area contributed by atoms with Crippen molar-refractivity contribution in [3.8, 4) is 5.88 Å². The average Bonchev–Trinajstić information content (AvgIpc) is 2.33. The molecule has 5 nitrogen and oxygen atoms in total. The number of nitrogens with two attached hydrogens (primary N) is 1. The number of nitrogens with zero attached hydrogens (tertiary/aromatic N) is 2. The highest BCUT2D eigenvalue weighted by atomic mass is 79.9. The molecule has 2 rings (SSSR count). The molecule has 0 saturated carbocycles. The second-order valence-corrected chi connectivity index (χ2v) is 4.65. The van der Waals surface area contributed by atoms with E-state index in [0.29, 0.717) is 11.7 Å². The summed E-state index contributed by atoms with van der Waals surface area (Å²) in [6.45, 7) is 2.01. The Morgan fingerprint density at radius 1 is 1.28 bits per heavy atom. The fraction of sp³-hybridized carbons (Fsp3) is 0.167. The van der Waals surface area contributed by atoms with Gasteiger partial charge in [0.25, 0.3) is 0 Å². The standard InChI is InChI=1S/C12H13BrN4O/c1-7-3-4-8(13)5-9(7)15-10-6-11(18-2)17-12(14)16-10/h3-6H,1-2H3,(H3,14,15,16,17). The average molecular weight is 309 g/mol. The van der Waals surface area contributed by atoms with E-state index < -0.39 is 0 Å². The molecular weight excluding hydrogens is 296 g/mol. The van der Waals surface area contributed by atoms with E-state index in [0.717, 1.165) is 15.7 Å². The van der Waals surface area contributed by atoms with E-state index in [9.17, 15) is 0 Å². The maximum Gasteiger partial charge on any atom is 0.225 e. The largest absolute Gasteiger partial charge is 0.481 e. The molecule has 94 valence electrons. The van der Waals surface area contributed by atoms with Gasteiger partial charge in [0.1, 0.15) is 5.82 Å². The molecule has 0 fully saturated rings. The van der Waals surface area contributed by atoms with Crippen molar-refractivity contribution in [2.45, 2.75) is 6.92 Å². The Balaban J connectivity index is 2.33. The van der Waals surface area contributed by atoms with E-state index in [1.165, 1.54) is 7.11 Å². The lowest BCUT2D eigenvalue weighted by Crippen LogP contribution is -2.02. The second-order valence-electron chi connectivity index (χ2n) is 3.74. The maximum absolute atomic E-state index is 5.61. The van der Waals surface area contributed by atoms with Gasteiger partial charge in [-0.2, -0.15) is 9.97 Å². The van der Waals surface area contributed by atoms with Crippen LogP contribution in [0.2, 0.25) is 0 Å². The first-order valence-corrected chi connectivity index (χ1v) is 6.09. The van der Waals surface area contributed by atoms with Crippen LogP contribution in [0.15, 0.2) is 28.7 Å². The molecule has 18 heavy (non-hydrogen) atoms. The lowest BCUT2D eigenvalue weighted by molar-refractivity contribution is 0.398. The molecule has 0 amide bonds. The van der Waals surface area contributed by atoms with E-state index in [2.05, 4.69) is 31.2 Å². The topological polar surface area (TPSA) is 73.1 Å². The summed E-state index contributed by atoms with van der Waals surface area (Å²) in [5.74, 6) is 1.20. The molecule has 0 aliphatic heterocycles. The van der Waals surface area contributed by atoms with Gasteiger partial charge in [-0.3, -0.25) is 0 Å². The van der Waals surface area contributed by atoms with Crippen LogP contribution in [-0.4, -0.2) is 17.1 Å². The molecule has 0 atom stereocenters. The van der Waals surface area contributed by atoms with Crippen molar-refractivity contribution in [2.24, 2.45) is 0 Å². The number of aromatic nitrogens is 2. The highest BCUT2D eigenvalue weighted by molar-refractivity contribution is 9.10. The Kier molecular flexibility index (Phi) is 3.66. The van der Waals surface area contributed by atoms with Gasteiger partial charge >= 0.3 is 0 Å². The van der Waals surface area contributed by atoms with Crippen molar-refractivity contribution in [1.29, 1.82) is 0 Å². The molecular formula is C12H13BrN4O. The summed E-state index contributed by atoms with van der Waals surface area (Å²) in [6, 6.07) is 7.65. The van der Waals surface area contributed by atoms with Gasteiger partial charge in [0.2, 0.25) is 11.8 Å². The summed E-state index contributed by atoms with van der Waals surface area (Å²) >= 11 is 3.43. The van der Waals surface area contributed by atoms with Crippen LogP contribution in [0.3, 0.4) is 0 Å². The van der Waals surface area contributed by atoms with Crippen molar-refractivity contribution < 1.29 is 4.74 Å². The Bertz CT molecular complexity index is 574. The van der Waals surface area contributed by atoms with E-state index in [1.54, 1.807) is 6.07 Å². The number of halogens is 1. The zero-order chi connectivity index (χ0) is 13.1. The summed E-state index contributed by atoms with van der Waals surface area (Å²) < 4.78 is 6.04. The molecule has 2 aromatic rings. The number of methoxy groups -OCH3 is 1. The van der Waals surface area contributed by atoms with Crippen molar-refractivity contribution in [3.63, 3.8) is 0 Å². The van der Waals surface area contributed by atoms with Crippen LogP contribution in [0.5, 0.6) is 5.88 Å². The lowest BCUT2D eigenvalue weighted by Gasteiger charge is -2.10. The minimum Gasteiger partial charge on any atom is -0.481 e. The van der Waals surface area contributed by atoms with Gasteiger partial charge in [-0.25, -0.2) is 0 Å². The van der Waals surface area contributed by atoms with Gasteiger partial charge in [0, 0.05) is 16.2 Å². The molecule has 0 unspecified atom stereocenters. The van der Waals surface area contributed by atoms with Crippen LogP contribution < -0.4 is 15.8 Å². The quantitative estimate of drug-likeness (QED) is 0.912. The molecule has 0 spiro atoms. The first kappa shape index (κ1) is 12.6. The van der Waals surface area contributed by atoms with Gasteiger partial charge in [0.05, 0.1) is 7.11 Å². The van der Waals surface area contributed by atoms with Gasteiger partial charge < -0.3 is 15.8 Å². The number of ether oxygens (including phenoxy) is 1. The summed E-state index contributed by atoms with van der Waals surface area (Å²) in [7, 11) is 1.54. The number of aryl methyl sites for hydroxylation is 1. The molecule has 1 heterocycles. The van der Waals surface area contributed by atoms with E-state index >= 15 is 0 Å². The first-order chi connectivity index (χ1) is 8.58. The second kappa shape index (κ2) is 5.22. The normalized spacial score (nSPS) is 10.2. The van der Waals surface area contributed by atoms with Crippen molar-refractivity contribution in [3.05, 3.63) is 34.3 Å². The van der Waals surface area contributed by atoms with E-state index in [4.69, 9.17) is 10.5 Å². The number of nitrogens with one attached hydrogen (secondary N) is 1. The Morgan fingerprint density at radius 2 is 2.06 bits per heavy atom. The summed E-state index contributed by atoms with van der Waals surface area (Å²) in [5.41, 5.74) is 7.66. The van der Waals surface area contributed by atoms with Gasteiger partial charge in [0.15, 0.2) is 0 Å². The van der Waals surface area contributed by atoms with Gasteiger partial charge in [-0.1, -0.05) is 22.0 Å². The molecule has 6 heteroatoms. The van der Waals surface area contributed by atoms with Gasteiger partial charge in [-0.15, -0.1) is 0 Å². The molecule has 0 saturated heterocycles. The number of rotatable bonds is 3. The molecule has 3 N–H and O–H groups in total. The number of benzene rings is 1. The van der Waals surface area contributed by atoms with Crippen LogP contribution >= 0.6 is 15.9 Å². The van der Waals surface area contributed by atoms with Crippen LogP contribution in [0.4, 0.5) is 17.5 Å². The Labute approximate surface area is 114 Å². The Hall–Kier alpha value is -1.82. The molecule has 1 aromatic carbocycles. The fourth-order valence-corrected chi connectivity index (χ4v) is 1.84. The molecule has 0 radical (unpaired) electrons. The van der Waals surface area contributed by atoms with E-state index in [1.807, 2.05) is 25.1 Å². The minimum absolute atomic E-state index is 0.171. The predicted octanol–water partition coefficient (Wildman–Crippen LogP) is 2.88. The molecule has 0 aliphatic carbocycles. The van der Waals surface area contributed by atoms with Crippen molar-refractivity contribution in [2.75, 3.05) is 18.2 Å². The zero-order valence-electron chi connectivity index (χ0n) is 10.1. The zero-order valence-corrected chi connectivity index (χ0v) is 11.7. The third kappa shape index (κ3) is 2.89. The van der Waals surface area contributed by atoms with Gasteiger partial charge in [-0.05, 0) is 24.6 Å². The molecule has 0 aliphatic rings. The van der Waals surface area contributed by atoms with Crippen molar-refractivity contribution >= 4 is 33.4 Å². The number of hydrogen-bond acceptors (Lipinski definition) is 5. The minimum atomic E-state index is 0.171. The number of hydrogen-bond donors (Lipinski definition) is 2. The Morgan fingerprint density at radius 3 is 2.78 bits per heavy atom. The summed E-state index contributed by atoms with van der Waals surface area (Å²) in [6.07, 6.45) is 0. The number of nitrogen functional groups attached to an aromatic ring is 1. The lowest BCUT2D eigenvalue weighted by atomic mass is 10.2. The third-order valence-corrected chi connectivity index (χ3v) is 2.88. The summed E-state index contributed by atoms with van der Waals surface area (Å²) in [4.78, 5) is 8.04.